The predicted octanol–water partition coefficient (Wildman–Crippen LogP) is 1.34. The Morgan fingerprint density at radius 3 is 2.75 bits per heavy atom. The second-order valence-corrected chi connectivity index (χ2v) is 4.39. The summed E-state index contributed by atoms with van der Waals surface area (Å²) >= 11 is 0. The zero-order chi connectivity index (χ0) is 11.1. The molecular formula is C12H15NO3. The first kappa shape index (κ1) is 12.4. The maximum atomic E-state index is 10.7. The van der Waals surface area contributed by atoms with Crippen LogP contribution >= 0.6 is 0 Å². The molecule has 1 aliphatic heterocycles. The molecule has 1 aliphatic rings. The summed E-state index contributed by atoms with van der Waals surface area (Å²) in [6.45, 7) is 7.73. The molecule has 4 heteroatoms. The summed E-state index contributed by atoms with van der Waals surface area (Å²) in [5.74, 6) is 0.855. The van der Waals surface area contributed by atoms with Crippen molar-refractivity contribution in [1.82, 2.24) is 0 Å². The number of rotatable bonds is 2. The predicted molar refractivity (Wildman–Crippen MR) is 60.9 cm³/mol. The molecule has 0 aromatic heterocycles. The highest BCUT2D eigenvalue weighted by molar-refractivity contribution is 5.64. The molecule has 0 saturated heterocycles. The first-order chi connectivity index (χ1) is 7.05. The third kappa shape index (κ3) is 1.97. The molecule has 2 rings (SSSR count). The minimum Gasteiger partial charge on any atom is -0.870 e. The quantitative estimate of drug-likeness (QED) is 0.819. The lowest BCUT2D eigenvalue weighted by atomic mass is 10.00. The minimum atomic E-state index is -0.178. The lowest BCUT2D eigenvalue weighted by Crippen LogP contribution is -2.56. The van der Waals surface area contributed by atoms with E-state index in [0.29, 0.717) is 5.69 Å². The summed E-state index contributed by atoms with van der Waals surface area (Å²) in [4.78, 5) is 10.7. The minimum absolute atomic E-state index is 0. The van der Waals surface area contributed by atoms with E-state index in [1.807, 2.05) is 31.2 Å². The van der Waals surface area contributed by atoms with Crippen LogP contribution in [0, 0.1) is 4.91 Å². The number of hydrogen-bond donors (Lipinski definition) is 1. The van der Waals surface area contributed by atoms with Crippen molar-refractivity contribution in [2.75, 3.05) is 0 Å². The topological polar surface area (TPSA) is 70.3 Å². The summed E-state index contributed by atoms with van der Waals surface area (Å²) in [7, 11) is 0. The Morgan fingerprint density at radius 2 is 2.19 bits per heavy atom. The van der Waals surface area contributed by atoms with E-state index in [2.05, 4.69) is 6.58 Å². The molecule has 1 aromatic rings. The van der Waals surface area contributed by atoms with Crippen molar-refractivity contribution in [2.45, 2.75) is 25.9 Å². The van der Waals surface area contributed by atoms with Gasteiger partial charge in [-0.25, -0.2) is 0 Å². The molecule has 0 aliphatic carbocycles. The fourth-order valence-electron chi connectivity index (χ4n) is 1.92. The van der Waals surface area contributed by atoms with E-state index in [1.54, 1.807) is 6.08 Å². The fraction of sp³-hybridized carbons (Fsp3) is 0.333. The normalized spacial score (nSPS) is 15.6. The zero-order valence-electron chi connectivity index (χ0n) is 9.41. The van der Waals surface area contributed by atoms with Crippen LogP contribution in [0.15, 0.2) is 18.7 Å². The second-order valence-electron chi connectivity index (χ2n) is 4.39. The van der Waals surface area contributed by atoms with Crippen molar-refractivity contribution in [1.29, 1.82) is 0 Å². The van der Waals surface area contributed by atoms with Crippen LogP contribution in [0.25, 0.3) is 6.08 Å². The molecule has 0 bridgehead atoms. The fourth-order valence-corrected chi connectivity index (χ4v) is 1.92. The molecule has 1 aromatic carbocycles. The Balaban J connectivity index is 0.00000128. The van der Waals surface area contributed by atoms with E-state index < -0.39 is 0 Å². The van der Waals surface area contributed by atoms with Crippen molar-refractivity contribution in [2.24, 2.45) is 0 Å². The third-order valence-corrected chi connectivity index (χ3v) is 2.56. The summed E-state index contributed by atoms with van der Waals surface area (Å²) < 4.78 is 5.76. The lowest BCUT2D eigenvalue weighted by Gasteiger charge is -2.16. The highest BCUT2D eigenvalue weighted by atomic mass is 16.5. The number of nitrogens with one attached hydrogen (secondary N) is 1. The average molecular weight is 221 g/mol. The molecule has 0 unspecified atom stereocenters. The number of hydrogen-bond acceptors (Lipinski definition) is 3. The van der Waals surface area contributed by atoms with Gasteiger partial charge in [0.05, 0.1) is 5.56 Å². The molecular weight excluding hydrogens is 206 g/mol. The monoisotopic (exact) mass is 221 g/mol. The van der Waals surface area contributed by atoms with Gasteiger partial charge in [0, 0.05) is 28.1 Å². The van der Waals surface area contributed by atoms with Crippen LogP contribution in [0.2, 0.25) is 0 Å². The number of ether oxygens (including phenoxy) is 1. The van der Waals surface area contributed by atoms with Gasteiger partial charge in [-0.05, 0) is 19.9 Å². The van der Waals surface area contributed by atoms with Crippen molar-refractivity contribution in [3.8, 4) is 5.75 Å². The maximum Gasteiger partial charge on any atom is 0.261 e. The number of fused-ring (bicyclic) bond motifs is 1. The SMILES string of the molecule is C=Cc1cc2c(cc1[NH+]=O)CC(C)(C)O2.[OH-]. The van der Waals surface area contributed by atoms with Gasteiger partial charge in [0.25, 0.3) is 5.69 Å². The molecule has 0 radical (unpaired) electrons. The van der Waals surface area contributed by atoms with Crippen LogP contribution in [-0.2, 0) is 6.42 Å². The van der Waals surface area contributed by atoms with Crippen molar-refractivity contribution in [3.63, 3.8) is 0 Å². The first-order valence-corrected chi connectivity index (χ1v) is 4.92. The zero-order valence-corrected chi connectivity index (χ0v) is 9.41. The Kier molecular flexibility index (Phi) is 3.14. The molecule has 0 atom stereocenters. The summed E-state index contributed by atoms with van der Waals surface area (Å²) in [6.07, 6.45) is 2.48. The van der Waals surface area contributed by atoms with Gasteiger partial charge in [0.2, 0.25) is 0 Å². The van der Waals surface area contributed by atoms with Crippen LogP contribution in [0.4, 0.5) is 5.69 Å². The molecule has 0 fully saturated rings. The molecule has 0 saturated carbocycles. The lowest BCUT2D eigenvalue weighted by molar-refractivity contribution is -0.379. The van der Waals surface area contributed by atoms with E-state index in [4.69, 9.17) is 4.74 Å². The van der Waals surface area contributed by atoms with Gasteiger partial charge in [-0.3, -0.25) is 0 Å². The van der Waals surface area contributed by atoms with Gasteiger partial charge in [-0.2, -0.15) is 0 Å². The van der Waals surface area contributed by atoms with E-state index in [9.17, 15) is 4.91 Å². The van der Waals surface area contributed by atoms with Crippen molar-refractivity contribution in [3.05, 3.63) is 34.7 Å². The number of benzene rings is 1. The van der Waals surface area contributed by atoms with Crippen LogP contribution in [0.3, 0.4) is 0 Å². The number of nitroso groups, excluding NO2 is 1. The van der Waals surface area contributed by atoms with E-state index in [-0.39, 0.29) is 11.1 Å². The van der Waals surface area contributed by atoms with Crippen molar-refractivity contribution >= 4 is 11.8 Å². The van der Waals surface area contributed by atoms with E-state index in [1.165, 1.54) is 0 Å². The van der Waals surface area contributed by atoms with E-state index >= 15 is 0 Å². The van der Waals surface area contributed by atoms with Gasteiger partial charge in [-0.15, -0.1) is 0 Å². The van der Waals surface area contributed by atoms with Gasteiger partial charge in [0.1, 0.15) is 11.4 Å². The molecule has 0 spiro atoms. The van der Waals surface area contributed by atoms with Crippen LogP contribution in [0.5, 0.6) is 5.75 Å². The smallest absolute Gasteiger partial charge is 0.261 e. The third-order valence-electron chi connectivity index (χ3n) is 2.56. The van der Waals surface area contributed by atoms with E-state index in [0.717, 1.165) is 23.3 Å². The Hall–Kier alpha value is -1.68. The standard InChI is InChI=1S/C12H13NO2.H2O/c1-4-8-6-11-9(5-10(8)13-14)7-12(2,3)15-11;/h4-6H,1,7H2,2-3H3;1H2. The Morgan fingerprint density at radius 1 is 1.50 bits per heavy atom. The highest BCUT2D eigenvalue weighted by Crippen LogP contribution is 2.37. The summed E-state index contributed by atoms with van der Waals surface area (Å²) in [5, 5.41) is 1.93. The van der Waals surface area contributed by atoms with Gasteiger partial charge in [-0.1, -0.05) is 12.7 Å². The summed E-state index contributed by atoms with van der Waals surface area (Å²) in [5.41, 5.74) is 2.23. The second kappa shape index (κ2) is 4.06. The first-order valence-electron chi connectivity index (χ1n) is 4.92. The Labute approximate surface area is 94.2 Å². The molecule has 1 heterocycles. The van der Waals surface area contributed by atoms with Crippen molar-refractivity contribution < 1.29 is 15.4 Å². The van der Waals surface area contributed by atoms with Gasteiger partial charge < -0.3 is 10.2 Å². The van der Waals surface area contributed by atoms with Crippen LogP contribution < -0.4 is 9.91 Å². The molecule has 16 heavy (non-hydrogen) atoms. The van der Waals surface area contributed by atoms with Gasteiger partial charge in [0.15, 0.2) is 0 Å². The van der Waals surface area contributed by atoms with Gasteiger partial charge >= 0.3 is 0 Å². The maximum absolute atomic E-state index is 10.7. The Bertz CT molecular complexity index is 399. The van der Waals surface area contributed by atoms with Crippen LogP contribution in [-0.4, -0.2) is 11.1 Å². The molecule has 0 amide bonds. The van der Waals surface area contributed by atoms with Crippen LogP contribution in [0.1, 0.15) is 25.0 Å². The highest BCUT2D eigenvalue weighted by Gasteiger charge is 2.31. The largest absolute Gasteiger partial charge is 0.870 e. The molecule has 4 nitrogen and oxygen atoms in total. The molecule has 86 valence electrons. The molecule has 2 N–H and O–H groups in total. The summed E-state index contributed by atoms with van der Waals surface area (Å²) in [6, 6.07) is 3.70. The average Bonchev–Trinajstić information content (AvgIpc) is 2.48.